The molecule has 1 atom stereocenters. The first-order chi connectivity index (χ1) is 8.80. The van der Waals surface area contributed by atoms with Crippen LogP contribution in [0.25, 0.3) is 0 Å². The summed E-state index contributed by atoms with van der Waals surface area (Å²) in [4.78, 5) is 0. The third-order valence-electron chi connectivity index (χ3n) is 3.68. The zero-order valence-corrected chi connectivity index (χ0v) is 11.4. The van der Waals surface area contributed by atoms with Crippen LogP contribution >= 0.6 is 0 Å². The summed E-state index contributed by atoms with van der Waals surface area (Å²) in [5, 5.41) is 4.60. The highest BCUT2D eigenvalue weighted by atomic mass is 15.3. The van der Waals surface area contributed by atoms with E-state index in [-0.39, 0.29) is 6.04 Å². The van der Waals surface area contributed by atoms with Crippen molar-refractivity contribution in [1.29, 1.82) is 0 Å². The van der Waals surface area contributed by atoms with Crippen molar-refractivity contribution in [2.24, 2.45) is 5.84 Å². The van der Waals surface area contributed by atoms with Crippen molar-refractivity contribution in [1.82, 2.24) is 15.2 Å². The quantitative estimate of drug-likeness (QED) is 0.478. The standard InChI is InChI=1S/C14H24N4/c1-3-12-10-13(18(4-2)17-12)14(16-15)11-8-6-5-7-9-11/h8,10,14,16H,3-7,9,15H2,1-2H3. The maximum atomic E-state index is 5.78. The zero-order chi connectivity index (χ0) is 13.0. The number of aromatic nitrogens is 2. The molecule has 0 aromatic carbocycles. The van der Waals surface area contributed by atoms with Crippen molar-refractivity contribution in [3.05, 3.63) is 29.1 Å². The molecular weight excluding hydrogens is 224 g/mol. The molecule has 2 rings (SSSR count). The molecule has 0 radical (unpaired) electrons. The van der Waals surface area contributed by atoms with E-state index in [2.05, 4.69) is 41.2 Å². The number of hydrazine groups is 1. The van der Waals surface area contributed by atoms with Crippen LogP contribution in [0.4, 0.5) is 0 Å². The molecule has 4 nitrogen and oxygen atoms in total. The van der Waals surface area contributed by atoms with Crippen LogP contribution in [-0.2, 0) is 13.0 Å². The second-order valence-electron chi connectivity index (χ2n) is 4.85. The Morgan fingerprint density at radius 1 is 1.44 bits per heavy atom. The van der Waals surface area contributed by atoms with E-state index in [4.69, 9.17) is 5.84 Å². The predicted octanol–water partition coefficient (Wildman–Crippen LogP) is 2.47. The summed E-state index contributed by atoms with van der Waals surface area (Å²) in [5.41, 5.74) is 6.73. The monoisotopic (exact) mass is 248 g/mol. The summed E-state index contributed by atoms with van der Waals surface area (Å²) >= 11 is 0. The first-order valence-corrected chi connectivity index (χ1v) is 7.01. The Morgan fingerprint density at radius 3 is 2.83 bits per heavy atom. The van der Waals surface area contributed by atoms with Crippen LogP contribution in [0.3, 0.4) is 0 Å². The third-order valence-corrected chi connectivity index (χ3v) is 3.68. The fourth-order valence-corrected chi connectivity index (χ4v) is 2.65. The molecule has 1 aromatic heterocycles. The van der Waals surface area contributed by atoms with Crippen molar-refractivity contribution >= 4 is 0 Å². The topological polar surface area (TPSA) is 55.9 Å². The average molecular weight is 248 g/mol. The summed E-state index contributed by atoms with van der Waals surface area (Å²) in [6, 6.07) is 2.31. The van der Waals surface area contributed by atoms with Crippen molar-refractivity contribution in [3.8, 4) is 0 Å². The molecule has 0 bridgehead atoms. The number of hydrogen-bond acceptors (Lipinski definition) is 3. The normalized spacial score (nSPS) is 17.6. The highest BCUT2D eigenvalue weighted by Crippen LogP contribution is 2.29. The molecule has 0 saturated heterocycles. The van der Waals surface area contributed by atoms with Crippen LogP contribution in [-0.4, -0.2) is 9.78 Å². The van der Waals surface area contributed by atoms with Gasteiger partial charge in [-0.05, 0) is 45.1 Å². The van der Waals surface area contributed by atoms with Crippen LogP contribution in [0.2, 0.25) is 0 Å². The molecule has 4 heteroatoms. The number of nitrogens with one attached hydrogen (secondary N) is 1. The third kappa shape index (κ3) is 2.65. The molecule has 1 aliphatic carbocycles. The van der Waals surface area contributed by atoms with Gasteiger partial charge in [0.2, 0.25) is 0 Å². The van der Waals surface area contributed by atoms with Crippen LogP contribution in [0.5, 0.6) is 0 Å². The molecule has 0 amide bonds. The van der Waals surface area contributed by atoms with Gasteiger partial charge >= 0.3 is 0 Å². The van der Waals surface area contributed by atoms with Crippen LogP contribution in [0.15, 0.2) is 17.7 Å². The minimum Gasteiger partial charge on any atom is -0.271 e. The summed E-state index contributed by atoms with van der Waals surface area (Å²) in [5.74, 6) is 5.78. The molecule has 0 saturated carbocycles. The van der Waals surface area contributed by atoms with Gasteiger partial charge in [-0.3, -0.25) is 10.5 Å². The fourth-order valence-electron chi connectivity index (χ4n) is 2.65. The van der Waals surface area contributed by atoms with Crippen LogP contribution in [0, 0.1) is 0 Å². The van der Waals surface area contributed by atoms with E-state index in [0.717, 1.165) is 25.1 Å². The Hall–Kier alpha value is -1.13. The smallest absolute Gasteiger partial charge is 0.0838 e. The Labute approximate surface area is 109 Å². The maximum absolute atomic E-state index is 5.78. The van der Waals surface area contributed by atoms with E-state index in [1.807, 2.05) is 0 Å². The number of allylic oxidation sites excluding steroid dienone is 1. The van der Waals surface area contributed by atoms with E-state index in [0.29, 0.717) is 0 Å². The van der Waals surface area contributed by atoms with Gasteiger partial charge in [0.05, 0.1) is 17.4 Å². The molecule has 100 valence electrons. The molecule has 1 unspecified atom stereocenters. The molecule has 0 fully saturated rings. The number of aryl methyl sites for hydroxylation is 2. The van der Waals surface area contributed by atoms with Gasteiger partial charge in [0.25, 0.3) is 0 Å². The van der Waals surface area contributed by atoms with Crippen molar-refractivity contribution in [2.45, 2.75) is 58.5 Å². The first kappa shape index (κ1) is 13.3. The zero-order valence-electron chi connectivity index (χ0n) is 11.4. The molecule has 3 N–H and O–H groups in total. The largest absolute Gasteiger partial charge is 0.271 e. The number of nitrogens with two attached hydrogens (primary N) is 1. The fraction of sp³-hybridized carbons (Fsp3) is 0.643. The van der Waals surface area contributed by atoms with Crippen LogP contribution < -0.4 is 11.3 Å². The summed E-state index contributed by atoms with van der Waals surface area (Å²) < 4.78 is 2.07. The Kier molecular flexibility index (Phi) is 4.55. The second kappa shape index (κ2) is 6.16. The Bertz CT molecular complexity index is 419. The highest BCUT2D eigenvalue weighted by molar-refractivity contribution is 5.25. The molecule has 18 heavy (non-hydrogen) atoms. The Morgan fingerprint density at radius 2 is 2.28 bits per heavy atom. The van der Waals surface area contributed by atoms with E-state index in [1.165, 1.54) is 30.5 Å². The second-order valence-corrected chi connectivity index (χ2v) is 4.85. The minimum absolute atomic E-state index is 0.123. The SMILES string of the molecule is CCc1cc(C(NN)C2=CCCCC2)n(CC)n1. The van der Waals surface area contributed by atoms with E-state index in [9.17, 15) is 0 Å². The molecule has 1 heterocycles. The summed E-state index contributed by atoms with van der Waals surface area (Å²) in [7, 11) is 0. The van der Waals surface area contributed by atoms with Crippen molar-refractivity contribution in [2.75, 3.05) is 0 Å². The number of hydrogen-bond donors (Lipinski definition) is 2. The van der Waals surface area contributed by atoms with Gasteiger partial charge in [-0.2, -0.15) is 5.10 Å². The lowest BCUT2D eigenvalue weighted by Crippen LogP contribution is -2.31. The first-order valence-electron chi connectivity index (χ1n) is 7.01. The number of rotatable bonds is 5. The Balaban J connectivity index is 2.31. The molecule has 1 aromatic rings. The molecule has 1 aliphatic rings. The summed E-state index contributed by atoms with van der Waals surface area (Å²) in [6.45, 7) is 5.15. The van der Waals surface area contributed by atoms with Gasteiger partial charge in [0.1, 0.15) is 0 Å². The van der Waals surface area contributed by atoms with Gasteiger partial charge in [-0.1, -0.05) is 18.6 Å². The van der Waals surface area contributed by atoms with E-state index in [1.54, 1.807) is 0 Å². The summed E-state index contributed by atoms with van der Waals surface area (Å²) in [6.07, 6.45) is 8.20. The van der Waals surface area contributed by atoms with Gasteiger partial charge in [-0.25, -0.2) is 5.43 Å². The van der Waals surface area contributed by atoms with Gasteiger partial charge < -0.3 is 0 Å². The lowest BCUT2D eigenvalue weighted by molar-refractivity contribution is 0.510. The van der Waals surface area contributed by atoms with Crippen molar-refractivity contribution < 1.29 is 0 Å². The van der Waals surface area contributed by atoms with E-state index < -0.39 is 0 Å². The van der Waals surface area contributed by atoms with Gasteiger partial charge in [-0.15, -0.1) is 0 Å². The molecule has 0 spiro atoms. The average Bonchev–Trinajstić information content (AvgIpc) is 2.84. The minimum atomic E-state index is 0.123. The van der Waals surface area contributed by atoms with Gasteiger partial charge in [0, 0.05) is 6.54 Å². The lowest BCUT2D eigenvalue weighted by Gasteiger charge is -2.23. The molecular formula is C14H24N4. The van der Waals surface area contributed by atoms with Crippen LogP contribution in [0.1, 0.15) is 57.0 Å². The highest BCUT2D eigenvalue weighted by Gasteiger charge is 2.21. The predicted molar refractivity (Wildman–Crippen MR) is 73.9 cm³/mol. The maximum Gasteiger partial charge on any atom is 0.0838 e. The number of nitrogens with zero attached hydrogens (tertiary/aromatic N) is 2. The van der Waals surface area contributed by atoms with E-state index >= 15 is 0 Å². The lowest BCUT2D eigenvalue weighted by atomic mass is 9.92. The molecule has 0 aliphatic heterocycles. The van der Waals surface area contributed by atoms with Crippen molar-refractivity contribution in [3.63, 3.8) is 0 Å². The van der Waals surface area contributed by atoms with Gasteiger partial charge in [0.15, 0.2) is 0 Å².